The molecule has 1 aromatic carbocycles. The lowest BCUT2D eigenvalue weighted by Crippen LogP contribution is -2.34. The number of nitrogens with zero attached hydrogens (tertiary/aromatic N) is 1. The molecule has 0 aromatic heterocycles. The van der Waals surface area contributed by atoms with Crippen LogP contribution < -0.4 is 5.73 Å². The zero-order chi connectivity index (χ0) is 14.3. The maximum absolute atomic E-state index is 8.94. The van der Waals surface area contributed by atoms with Crippen LogP contribution in [0.4, 0.5) is 0 Å². The van der Waals surface area contributed by atoms with Crippen LogP contribution in [0.1, 0.15) is 43.9 Å². The Labute approximate surface area is 117 Å². The number of hydrogen-bond donors (Lipinski definition) is 2. The van der Waals surface area contributed by atoms with E-state index < -0.39 is 0 Å². The topological polar surface area (TPSA) is 49.5 Å². The third-order valence-electron chi connectivity index (χ3n) is 3.65. The van der Waals surface area contributed by atoms with Crippen LogP contribution in [0, 0.1) is 6.92 Å². The Morgan fingerprint density at radius 3 is 2.47 bits per heavy atom. The van der Waals surface area contributed by atoms with Gasteiger partial charge in [-0.2, -0.15) is 0 Å². The van der Waals surface area contributed by atoms with Crippen molar-refractivity contribution in [2.24, 2.45) is 5.73 Å². The normalized spacial score (nSPS) is 13.2. The van der Waals surface area contributed by atoms with Gasteiger partial charge in [0.1, 0.15) is 0 Å². The maximum atomic E-state index is 8.94. The average Bonchev–Trinajstić information content (AvgIpc) is 2.38. The van der Waals surface area contributed by atoms with Gasteiger partial charge in [-0.25, -0.2) is 0 Å². The third-order valence-corrected chi connectivity index (χ3v) is 3.65. The summed E-state index contributed by atoms with van der Waals surface area (Å²) in [6, 6.07) is 8.92. The summed E-state index contributed by atoms with van der Waals surface area (Å²) in [5, 5.41) is 8.94. The van der Waals surface area contributed by atoms with Crippen molar-refractivity contribution < 1.29 is 5.11 Å². The maximum Gasteiger partial charge on any atom is 0.0443 e. The second-order valence-electron chi connectivity index (χ2n) is 5.46. The molecule has 0 saturated heterocycles. The average molecular weight is 264 g/mol. The van der Waals surface area contributed by atoms with Crippen molar-refractivity contribution >= 4 is 0 Å². The van der Waals surface area contributed by atoms with Crippen LogP contribution in [0.5, 0.6) is 0 Å². The molecule has 0 aliphatic heterocycles. The number of rotatable bonds is 8. The van der Waals surface area contributed by atoms with Crippen LogP contribution in [0.2, 0.25) is 0 Å². The van der Waals surface area contributed by atoms with Gasteiger partial charge in [-0.05, 0) is 44.7 Å². The lowest BCUT2D eigenvalue weighted by atomic mass is 9.99. The zero-order valence-electron chi connectivity index (χ0n) is 12.5. The van der Waals surface area contributed by atoms with Gasteiger partial charge in [0.25, 0.3) is 0 Å². The third kappa shape index (κ3) is 5.31. The van der Waals surface area contributed by atoms with E-state index in [9.17, 15) is 0 Å². The van der Waals surface area contributed by atoms with E-state index in [1.807, 2.05) is 12.1 Å². The summed E-state index contributed by atoms with van der Waals surface area (Å²) in [4.78, 5) is 2.38. The van der Waals surface area contributed by atoms with E-state index >= 15 is 0 Å². The number of aliphatic hydroxyl groups is 1. The van der Waals surface area contributed by atoms with Gasteiger partial charge in [0, 0.05) is 31.8 Å². The van der Waals surface area contributed by atoms with E-state index in [2.05, 4.69) is 37.8 Å². The van der Waals surface area contributed by atoms with Crippen molar-refractivity contribution in [3.8, 4) is 0 Å². The van der Waals surface area contributed by atoms with Crippen molar-refractivity contribution in [3.63, 3.8) is 0 Å². The molecule has 3 N–H and O–H groups in total. The predicted octanol–water partition coefficient (Wildman–Crippen LogP) is 2.48. The predicted molar refractivity (Wildman–Crippen MR) is 81.1 cm³/mol. The molecule has 1 atom stereocenters. The molecule has 0 saturated carbocycles. The minimum atomic E-state index is 0.0941. The van der Waals surface area contributed by atoms with Gasteiger partial charge < -0.3 is 15.7 Å². The number of benzene rings is 1. The monoisotopic (exact) mass is 264 g/mol. The van der Waals surface area contributed by atoms with Gasteiger partial charge in [0.2, 0.25) is 0 Å². The zero-order valence-corrected chi connectivity index (χ0v) is 12.5. The SMILES string of the molecule is Cc1ccccc1C(N)CCN(CCCO)C(C)C. The van der Waals surface area contributed by atoms with Gasteiger partial charge >= 0.3 is 0 Å². The van der Waals surface area contributed by atoms with Crippen LogP contribution in [-0.4, -0.2) is 35.7 Å². The summed E-state index contributed by atoms with van der Waals surface area (Å²) in [7, 11) is 0. The fourth-order valence-corrected chi connectivity index (χ4v) is 2.37. The lowest BCUT2D eigenvalue weighted by molar-refractivity contribution is 0.186. The Morgan fingerprint density at radius 1 is 1.21 bits per heavy atom. The van der Waals surface area contributed by atoms with Crippen LogP contribution in [-0.2, 0) is 0 Å². The van der Waals surface area contributed by atoms with Crippen LogP contribution in [0.3, 0.4) is 0 Å². The summed E-state index contributed by atoms with van der Waals surface area (Å²) in [6.07, 6.45) is 1.78. The first-order valence-corrected chi connectivity index (χ1v) is 7.22. The fraction of sp³-hybridized carbons (Fsp3) is 0.625. The van der Waals surface area contributed by atoms with Gasteiger partial charge in [-0.1, -0.05) is 24.3 Å². The molecule has 19 heavy (non-hydrogen) atoms. The molecule has 3 nitrogen and oxygen atoms in total. The lowest BCUT2D eigenvalue weighted by Gasteiger charge is -2.27. The van der Waals surface area contributed by atoms with Crippen LogP contribution in [0.25, 0.3) is 0 Å². The number of hydrogen-bond acceptors (Lipinski definition) is 3. The Bertz CT molecular complexity index is 366. The molecule has 0 aliphatic rings. The highest BCUT2D eigenvalue weighted by Gasteiger charge is 2.13. The van der Waals surface area contributed by atoms with Crippen molar-refractivity contribution in [2.75, 3.05) is 19.7 Å². The highest BCUT2D eigenvalue weighted by atomic mass is 16.3. The van der Waals surface area contributed by atoms with E-state index in [0.717, 1.165) is 25.9 Å². The summed E-state index contributed by atoms with van der Waals surface area (Å²) in [5.41, 5.74) is 8.81. The van der Waals surface area contributed by atoms with E-state index in [-0.39, 0.29) is 12.6 Å². The first kappa shape index (κ1) is 16.2. The molecular formula is C16H28N2O. The second kappa shape index (κ2) is 8.31. The Balaban J connectivity index is 2.52. The molecule has 1 unspecified atom stereocenters. The number of nitrogens with two attached hydrogens (primary N) is 1. The summed E-state index contributed by atoms with van der Waals surface area (Å²) in [5.74, 6) is 0. The molecule has 0 amide bonds. The van der Waals surface area contributed by atoms with E-state index in [1.54, 1.807) is 0 Å². The first-order chi connectivity index (χ1) is 9.06. The molecule has 3 heteroatoms. The Hall–Kier alpha value is -0.900. The molecule has 0 fully saturated rings. The van der Waals surface area contributed by atoms with E-state index in [0.29, 0.717) is 6.04 Å². The van der Waals surface area contributed by atoms with E-state index in [1.165, 1.54) is 11.1 Å². The minimum Gasteiger partial charge on any atom is -0.396 e. The standard InChI is InChI=1S/C16H28N2O/c1-13(2)18(10-6-12-19)11-9-16(17)15-8-5-4-7-14(15)3/h4-5,7-8,13,16,19H,6,9-12,17H2,1-3H3. The Kier molecular flexibility index (Phi) is 7.06. The first-order valence-electron chi connectivity index (χ1n) is 7.22. The molecule has 0 spiro atoms. The molecule has 1 aromatic rings. The van der Waals surface area contributed by atoms with Gasteiger partial charge in [0.05, 0.1) is 0 Å². The molecule has 0 aliphatic carbocycles. The molecule has 0 heterocycles. The van der Waals surface area contributed by atoms with Gasteiger partial charge in [0.15, 0.2) is 0 Å². The van der Waals surface area contributed by atoms with Crippen LogP contribution >= 0.6 is 0 Å². The number of aliphatic hydroxyl groups excluding tert-OH is 1. The molecule has 0 bridgehead atoms. The molecular weight excluding hydrogens is 236 g/mol. The number of aryl methyl sites for hydroxylation is 1. The highest BCUT2D eigenvalue weighted by molar-refractivity contribution is 5.28. The van der Waals surface area contributed by atoms with Crippen molar-refractivity contribution in [2.45, 2.75) is 45.7 Å². The molecule has 1 rings (SSSR count). The largest absolute Gasteiger partial charge is 0.396 e. The van der Waals surface area contributed by atoms with Crippen molar-refractivity contribution in [1.82, 2.24) is 4.90 Å². The molecule has 0 radical (unpaired) electrons. The quantitative estimate of drug-likeness (QED) is 0.758. The second-order valence-corrected chi connectivity index (χ2v) is 5.46. The minimum absolute atomic E-state index is 0.0941. The molecule has 108 valence electrons. The Morgan fingerprint density at radius 2 is 1.89 bits per heavy atom. The van der Waals surface area contributed by atoms with E-state index in [4.69, 9.17) is 10.8 Å². The summed E-state index contributed by atoms with van der Waals surface area (Å²) < 4.78 is 0. The van der Waals surface area contributed by atoms with Gasteiger partial charge in [-0.3, -0.25) is 0 Å². The summed E-state index contributed by atoms with van der Waals surface area (Å²) in [6.45, 7) is 8.67. The smallest absolute Gasteiger partial charge is 0.0443 e. The fourth-order valence-electron chi connectivity index (χ4n) is 2.37. The van der Waals surface area contributed by atoms with Crippen molar-refractivity contribution in [1.29, 1.82) is 0 Å². The summed E-state index contributed by atoms with van der Waals surface area (Å²) >= 11 is 0. The highest BCUT2D eigenvalue weighted by Crippen LogP contribution is 2.18. The van der Waals surface area contributed by atoms with Crippen molar-refractivity contribution in [3.05, 3.63) is 35.4 Å². The van der Waals surface area contributed by atoms with Crippen LogP contribution in [0.15, 0.2) is 24.3 Å². The van der Waals surface area contributed by atoms with Gasteiger partial charge in [-0.15, -0.1) is 0 Å².